The first-order valence-electron chi connectivity index (χ1n) is 7.19. The molecule has 0 radical (unpaired) electrons. The summed E-state index contributed by atoms with van der Waals surface area (Å²) >= 11 is 0. The van der Waals surface area contributed by atoms with Crippen LogP contribution in [0.3, 0.4) is 0 Å². The molecule has 0 aromatic heterocycles. The maximum atomic E-state index is 5.55. The van der Waals surface area contributed by atoms with Crippen LogP contribution in [0.5, 0.6) is 5.75 Å². The molecule has 104 valence electrons. The lowest BCUT2D eigenvalue weighted by atomic mass is 9.66. The minimum absolute atomic E-state index is 0.235. The van der Waals surface area contributed by atoms with Crippen molar-refractivity contribution in [3.8, 4) is 5.75 Å². The molecule has 2 aromatic rings. The minimum Gasteiger partial charge on any atom is -0.497 e. The summed E-state index contributed by atoms with van der Waals surface area (Å²) in [6, 6.07) is 13.1. The smallest absolute Gasteiger partial charge is 0.119 e. The van der Waals surface area contributed by atoms with Crippen LogP contribution in [0.2, 0.25) is 0 Å². The Morgan fingerprint density at radius 1 is 1.10 bits per heavy atom. The summed E-state index contributed by atoms with van der Waals surface area (Å²) in [4.78, 5) is 0. The van der Waals surface area contributed by atoms with Gasteiger partial charge in [-0.05, 0) is 34.4 Å². The van der Waals surface area contributed by atoms with Crippen molar-refractivity contribution in [3.05, 3.63) is 42.0 Å². The van der Waals surface area contributed by atoms with Gasteiger partial charge in [-0.1, -0.05) is 24.3 Å². The first kappa shape index (κ1) is 12.2. The van der Waals surface area contributed by atoms with Gasteiger partial charge < -0.3 is 14.8 Å². The number of methoxy groups -OCH3 is 1. The van der Waals surface area contributed by atoms with E-state index in [0.29, 0.717) is 5.92 Å². The Labute approximate surface area is 118 Å². The minimum atomic E-state index is 0.235. The van der Waals surface area contributed by atoms with Gasteiger partial charge in [0.05, 0.1) is 20.3 Å². The van der Waals surface area contributed by atoms with Crippen molar-refractivity contribution in [2.24, 2.45) is 5.92 Å². The number of hydrogen-bond donors (Lipinski definition) is 1. The first-order chi connectivity index (χ1) is 9.82. The number of hydrogen-bond acceptors (Lipinski definition) is 3. The molecule has 2 aliphatic rings. The summed E-state index contributed by atoms with van der Waals surface area (Å²) < 4.78 is 10.8. The molecule has 0 amide bonds. The van der Waals surface area contributed by atoms with Gasteiger partial charge in [-0.2, -0.15) is 0 Å². The Hall–Kier alpha value is -1.58. The van der Waals surface area contributed by atoms with E-state index < -0.39 is 0 Å². The van der Waals surface area contributed by atoms with Crippen LogP contribution >= 0.6 is 0 Å². The van der Waals surface area contributed by atoms with Gasteiger partial charge >= 0.3 is 0 Å². The fourth-order valence-corrected chi connectivity index (χ4v) is 3.30. The van der Waals surface area contributed by atoms with E-state index >= 15 is 0 Å². The number of ether oxygens (including phenoxy) is 2. The summed E-state index contributed by atoms with van der Waals surface area (Å²) in [7, 11) is 1.71. The Morgan fingerprint density at radius 3 is 2.45 bits per heavy atom. The fraction of sp³-hybridized carbons (Fsp3) is 0.412. The molecular weight excluding hydrogens is 250 g/mol. The van der Waals surface area contributed by atoms with Gasteiger partial charge in [0.15, 0.2) is 0 Å². The summed E-state index contributed by atoms with van der Waals surface area (Å²) in [5.74, 6) is 1.63. The third-order valence-electron chi connectivity index (χ3n) is 4.90. The average molecular weight is 269 g/mol. The number of fused-ring (bicyclic) bond motifs is 1. The van der Waals surface area contributed by atoms with Crippen molar-refractivity contribution in [2.45, 2.75) is 5.41 Å². The van der Waals surface area contributed by atoms with Crippen molar-refractivity contribution in [1.29, 1.82) is 0 Å². The Balaban J connectivity index is 1.76. The lowest BCUT2D eigenvalue weighted by molar-refractivity contribution is -0.101. The van der Waals surface area contributed by atoms with E-state index in [1.807, 2.05) is 6.07 Å². The van der Waals surface area contributed by atoms with Gasteiger partial charge in [0.2, 0.25) is 0 Å². The molecule has 0 aliphatic carbocycles. The molecule has 20 heavy (non-hydrogen) atoms. The van der Waals surface area contributed by atoms with Crippen LogP contribution in [-0.2, 0) is 10.2 Å². The van der Waals surface area contributed by atoms with Gasteiger partial charge in [0.1, 0.15) is 5.75 Å². The van der Waals surface area contributed by atoms with Crippen LogP contribution in [0, 0.1) is 5.92 Å². The van der Waals surface area contributed by atoms with Crippen LogP contribution in [-0.4, -0.2) is 33.4 Å². The molecule has 4 rings (SSSR count). The topological polar surface area (TPSA) is 30.5 Å². The van der Waals surface area contributed by atoms with Crippen molar-refractivity contribution in [1.82, 2.24) is 5.32 Å². The van der Waals surface area contributed by atoms with E-state index in [1.165, 1.54) is 16.3 Å². The van der Waals surface area contributed by atoms with E-state index in [-0.39, 0.29) is 5.41 Å². The third-order valence-corrected chi connectivity index (χ3v) is 4.90. The Bertz CT molecular complexity index is 644. The lowest BCUT2D eigenvalue weighted by Crippen LogP contribution is -2.62. The molecule has 0 spiro atoms. The van der Waals surface area contributed by atoms with Gasteiger partial charge in [-0.15, -0.1) is 0 Å². The zero-order valence-corrected chi connectivity index (χ0v) is 11.7. The molecule has 2 saturated heterocycles. The number of rotatable bonds is 3. The van der Waals surface area contributed by atoms with Crippen LogP contribution in [0.25, 0.3) is 10.8 Å². The van der Waals surface area contributed by atoms with Gasteiger partial charge in [-0.25, -0.2) is 0 Å². The molecule has 1 N–H and O–H groups in total. The molecule has 2 fully saturated rings. The molecule has 0 saturated carbocycles. The molecule has 0 unspecified atom stereocenters. The predicted octanol–water partition coefficient (Wildman–Crippen LogP) is 2.34. The van der Waals surface area contributed by atoms with Crippen molar-refractivity contribution in [2.75, 3.05) is 33.4 Å². The summed E-state index contributed by atoms with van der Waals surface area (Å²) in [6.45, 7) is 3.95. The highest BCUT2D eigenvalue weighted by Crippen LogP contribution is 2.42. The normalized spacial score (nSPS) is 21.2. The molecule has 0 bridgehead atoms. The van der Waals surface area contributed by atoms with Crippen LogP contribution in [0.4, 0.5) is 0 Å². The molecule has 2 heterocycles. The number of nitrogens with one attached hydrogen (secondary N) is 1. The van der Waals surface area contributed by atoms with Gasteiger partial charge in [0.25, 0.3) is 0 Å². The molecule has 3 nitrogen and oxygen atoms in total. The Morgan fingerprint density at radius 2 is 1.85 bits per heavy atom. The third kappa shape index (κ3) is 1.67. The maximum Gasteiger partial charge on any atom is 0.119 e. The quantitative estimate of drug-likeness (QED) is 0.927. The predicted molar refractivity (Wildman–Crippen MR) is 79.4 cm³/mol. The van der Waals surface area contributed by atoms with Crippen molar-refractivity contribution >= 4 is 10.8 Å². The molecule has 0 atom stereocenters. The summed E-state index contributed by atoms with van der Waals surface area (Å²) in [5.41, 5.74) is 1.66. The highest BCUT2D eigenvalue weighted by atomic mass is 16.5. The molecule has 2 aliphatic heterocycles. The van der Waals surface area contributed by atoms with Crippen molar-refractivity contribution < 1.29 is 9.47 Å². The monoisotopic (exact) mass is 269 g/mol. The summed E-state index contributed by atoms with van der Waals surface area (Å²) in [6.07, 6.45) is 0. The SMILES string of the molecule is COc1ccc2cc(C3(C4CNC4)COC3)ccc2c1. The van der Waals surface area contributed by atoms with E-state index in [9.17, 15) is 0 Å². The van der Waals surface area contributed by atoms with Gasteiger partial charge in [0, 0.05) is 18.5 Å². The standard InChI is InChI=1S/C17H19NO2/c1-19-16-5-3-12-6-14(4-2-13(12)7-16)17(10-20-11-17)15-8-18-9-15/h2-7,15,18H,8-11H2,1H3. The van der Waals surface area contributed by atoms with Crippen LogP contribution in [0.1, 0.15) is 5.56 Å². The largest absolute Gasteiger partial charge is 0.497 e. The second-order valence-electron chi connectivity index (χ2n) is 5.93. The Kier molecular flexibility index (Phi) is 2.72. The highest BCUT2D eigenvalue weighted by molar-refractivity contribution is 5.84. The average Bonchev–Trinajstić information content (AvgIpc) is 2.39. The zero-order chi connectivity index (χ0) is 13.6. The highest BCUT2D eigenvalue weighted by Gasteiger charge is 2.49. The number of benzene rings is 2. The maximum absolute atomic E-state index is 5.55. The lowest BCUT2D eigenvalue weighted by Gasteiger charge is -2.51. The van der Waals surface area contributed by atoms with E-state index in [1.54, 1.807) is 7.11 Å². The van der Waals surface area contributed by atoms with Crippen LogP contribution < -0.4 is 10.1 Å². The van der Waals surface area contributed by atoms with E-state index in [4.69, 9.17) is 9.47 Å². The van der Waals surface area contributed by atoms with E-state index in [2.05, 4.69) is 35.6 Å². The zero-order valence-electron chi connectivity index (χ0n) is 11.7. The molecule has 3 heteroatoms. The molecular formula is C17H19NO2. The van der Waals surface area contributed by atoms with Crippen molar-refractivity contribution in [3.63, 3.8) is 0 Å². The second-order valence-corrected chi connectivity index (χ2v) is 5.93. The van der Waals surface area contributed by atoms with Gasteiger partial charge in [-0.3, -0.25) is 0 Å². The van der Waals surface area contributed by atoms with Crippen LogP contribution in [0.15, 0.2) is 36.4 Å². The molecule has 2 aromatic carbocycles. The first-order valence-corrected chi connectivity index (χ1v) is 7.19. The van der Waals surface area contributed by atoms with E-state index in [0.717, 1.165) is 32.1 Å². The second kappa shape index (κ2) is 4.47. The fourth-order valence-electron chi connectivity index (χ4n) is 3.30. The summed E-state index contributed by atoms with van der Waals surface area (Å²) in [5, 5.41) is 5.90.